The smallest absolute Gasteiger partial charge is 0.241 e. The molecule has 0 amide bonds. The lowest BCUT2D eigenvalue weighted by Crippen LogP contribution is -2.23. The van der Waals surface area contributed by atoms with Crippen molar-refractivity contribution in [2.45, 2.75) is 30.2 Å². The molecule has 0 radical (unpaired) electrons. The van der Waals surface area contributed by atoms with E-state index in [1.165, 1.54) is 18.4 Å². The van der Waals surface area contributed by atoms with E-state index in [9.17, 15) is 8.42 Å². The van der Waals surface area contributed by atoms with E-state index in [1.54, 1.807) is 18.3 Å². The third-order valence-corrected chi connectivity index (χ3v) is 5.83. The summed E-state index contributed by atoms with van der Waals surface area (Å²) in [6.45, 7) is 0.249. The van der Waals surface area contributed by atoms with Gasteiger partial charge in [0.25, 0.3) is 0 Å². The third-order valence-electron chi connectivity index (χ3n) is 4.37. The van der Waals surface area contributed by atoms with Crippen molar-refractivity contribution in [2.75, 3.05) is 0 Å². The molecule has 1 fully saturated rings. The zero-order chi connectivity index (χ0) is 16.6. The maximum atomic E-state index is 12.7. The number of pyridine rings is 1. The van der Waals surface area contributed by atoms with Crippen molar-refractivity contribution in [1.82, 2.24) is 9.71 Å². The van der Waals surface area contributed by atoms with Gasteiger partial charge >= 0.3 is 0 Å². The second kappa shape index (κ2) is 6.00. The summed E-state index contributed by atoms with van der Waals surface area (Å²) in [4.78, 5) is 4.55. The topological polar surface area (TPSA) is 59.1 Å². The molecule has 1 aromatic heterocycles. The van der Waals surface area contributed by atoms with E-state index in [2.05, 4.69) is 15.8 Å². The monoisotopic (exact) mass is 338 g/mol. The first-order chi connectivity index (χ1) is 11.6. The predicted molar refractivity (Wildman–Crippen MR) is 94.2 cm³/mol. The normalized spacial score (nSPS) is 14.8. The Balaban J connectivity index is 1.60. The minimum atomic E-state index is -3.58. The van der Waals surface area contributed by atoms with Crippen LogP contribution in [0.4, 0.5) is 0 Å². The Morgan fingerprint density at radius 2 is 1.83 bits per heavy atom. The van der Waals surface area contributed by atoms with Crippen LogP contribution in [0, 0.1) is 0 Å². The molecule has 1 aliphatic carbocycles. The van der Waals surface area contributed by atoms with Gasteiger partial charge in [-0.1, -0.05) is 42.5 Å². The van der Waals surface area contributed by atoms with E-state index in [-0.39, 0.29) is 6.54 Å². The molecule has 1 N–H and O–H groups in total. The van der Waals surface area contributed by atoms with Crippen LogP contribution in [0.5, 0.6) is 0 Å². The van der Waals surface area contributed by atoms with Gasteiger partial charge in [-0.05, 0) is 41.3 Å². The molecule has 24 heavy (non-hydrogen) atoms. The van der Waals surface area contributed by atoms with Gasteiger partial charge in [-0.3, -0.25) is 4.98 Å². The summed E-state index contributed by atoms with van der Waals surface area (Å²) >= 11 is 0. The molecule has 0 unspecified atom stereocenters. The lowest BCUT2D eigenvalue weighted by Gasteiger charge is -2.10. The maximum Gasteiger partial charge on any atom is 0.241 e. The largest absolute Gasteiger partial charge is 0.264 e. The van der Waals surface area contributed by atoms with E-state index < -0.39 is 10.0 Å². The molecule has 4 rings (SSSR count). The van der Waals surface area contributed by atoms with Gasteiger partial charge < -0.3 is 0 Å². The molecule has 122 valence electrons. The standard InChI is InChI=1S/C19H18N2O2S/c22-24(23,19-7-3-5-16-4-1-2-6-18(16)19)21-12-14-10-17(13-20-11-14)15-8-9-15/h1-7,10-11,13,15,21H,8-9,12H2. The van der Waals surface area contributed by atoms with E-state index in [0.717, 1.165) is 16.3 Å². The first-order valence-electron chi connectivity index (χ1n) is 8.05. The van der Waals surface area contributed by atoms with E-state index in [4.69, 9.17) is 0 Å². The fourth-order valence-corrected chi connectivity index (χ4v) is 4.18. The zero-order valence-electron chi connectivity index (χ0n) is 13.1. The molecule has 0 atom stereocenters. The second-order valence-electron chi connectivity index (χ2n) is 6.20. The van der Waals surface area contributed by atoms with Gasteiger partial charge in [-0.2, -0.15) is 0 Å². The van der Waals surface area contributed by atoms with Crippen molar-refractivity contribution in [3.8, 4) is 0 Å². The molecule has 1 saturated carbocycles. The number of sulfonamides is 1. The van der Waals surface area contributed by atoms with Gasteiger partial charge in [-0.25, -0.2) is 13.1 Å². The van der Waals surface area contributed by atoms with Gasteiger partial charge in [-0.15, -0.1) is 0 Å². The summed E-state index contributed by atoms with van der Waals surface area (Å²) in [5, 5.41) is 1.65. The van der Waals surface area contributed by atoms with Crippen LogP contribution >= 0.6 is 0 Å². The second-order valence-corrected chi connectivity index (χ2v) is 7.94. The number of hydrogen-bond acceptors (Lipinski definition) is 3. The van der Waals surface area contributed by atoms with E-state index in [1.807, 2.05) is 36.5 Å². The highest BCUT2D eigenvalue weighted by atomic mass is 32.2. The van der Waals surface area contributed by atoms with E-state index >= 15 is 0 Å². The van der Waals surface area contributed by atoms with Crippen LogP contribution in [0.15, 0.2) is 65.8 Å². The Morgan fingerprint density at radius 1 is 1.04 bits per heavy atom. The highest BCUT2D eigenvalue weighted by Crippen LogP contribution is 2.39. The zero-order valence-corrected chi connectivity index (χ0v) is 14.0. The number of nitrogens with one attached hydrogen (secondary N) is 1. The summed E-state index contributed by atoms with van der Waals surface area (Å²) < 4.78 is 28.1. The van der Waals surface area contributed by atoms with Crippen LogP contribution in [0.2, 0.25) is 0 Å². The number of benzene rings is 2. The number of nitrogens with zero attached hydrogens (tertiary/aromatic N) is 1. The molecule has 2 aromatic carbocycles. The highest BCUT2D eigenvalue weighted by molar-refractivity contribution is 7.89. The average Bonchev–Trinajstić information content (AvgIpc) is 3.45. The van der Waals surface area contributed by atoms with Crippen LogP contribution in [-0.4, -0.2) is 13.4 Å². The summed E-state index contributed by atoms with van der Waals surface area (Å²) in [7, 11) is -3.58. The number of rotatable bonds is 5. The minimum Gasteiger partial charge on any atom is -0.264 e. The van der Waals surface area contributed by atoms with Gasteiger partial charge in [0, 0.05) is 24.3 Å². The Kier molecular flexibility index (Phi) is 3.82. The van der Waals surface area contributed by atoms with E-state index in [0.29, 0.717) is 10.8 Å². The molecule has 3 aromatic rings. The fraction of sp³-hybridized carbons (Fsp3) is 0.211. The molecular formula is C19H18N2O2S. The number of aromatic nitrogens is 1. The number of fused-ring (bicyclic) bond motifs is 1. The molecule has 1 aliphatic rings. The molecular weight excluding hydrogens is 320 g/mol. The Morgan fingerprint density at radius 3 is 2.67 bits per heavy atom. The summed E-state index contributed by atoms with van der Waals surface area (Å²) in [6.07, 6.45) is 6.00. The first kappa shape index (κ1) is 15.3. The quantitative estimate of drug-likeness (QED) is 0.773. The van der Waals surface area contributed by atoms with Crippen LogP contribution in [0.1, 0.15) is 29.9 Å². The SMILES string of the molecule is O=S(=O)(NCc1cncc(C2CC2)c1)c1cccc2ccccc12. The van der Waals surface area contributed by atoms with Gasteiger partial charge in [0.2, 0.25) is 10.0 Å². The summed E-state index contributed by atoms with van der Waals surface area (Å²) in [5.41, 5.74) is 2.10. The molecule has 0 bridgehead atoms. The minimum absolute atomic E-state index is 0.249. The summed E-state index contributed by atoms with van der Waals surface area (Å²) in [5.74, 6) is 0.604. The molecule has 0 saturated heterocycles. The number of hydrogen-bond donors (Lipinski definition) is 1. The van der Waals surface area contributed by atoms with Gasteiger partial charge in [0.15, 0.2) is 0 Å². The Bertz CT molecular complexity index is 990. The Hall–Kier alpha value is -2.24. The molecule has 0 aliphatic heterocycles. The van der Waals surface area contributed by atoms with Crippen LogP contribution in [0.25, 0.3) is 10.8 Å². The van der Waals surface area contributed by atoms with Crippen molar-refractivity contribution >= 4 is 20.8 Å². The van der Waals surface area contributed by atoms with Gasteiger partial charge in [0.05, 0.1) is 4.90 Å². The lowest BCUT2D eigenvalue weighted by molar-refractivity contribution is 0.582. The molecule has 4 nitrogen and oxygen atoms in total. The Labute approximate surface area is 141 Å². The van der Waals surface area contributed by atoms with Crippen molar-refractivity contribution in [1.29, 1.82) is 0 Å². The lowest BCUT2D eigenvalue weighted by atomic mass is 10.1. The average molecular weight is 338 g/mol. The van der Waals surface area contributed by atoms with Crippen LogP contribution < -0.4 is 4.72 Å². The molecule has 1 heterocycles. The fourth-order valence-electron chi connectivity index (χ4n) is 2.93. The van der Waals surface area contributed by atoms with Crippen LogP contribution in [-0.2, 0) is 16.6 Å². The summed E-state index contributed by atoms with van der Waals surface area (Å²) in [6, 6.07) is 14.9. The molecule has 5 heteroatoms. The third kappa shape index (κ3) is 3.05. The predicted octanol–water partition coefficient (Wildman–Crippen LogP) is 3.59. The van der Waals surface area contributed by atoms with Crippen LogP contribution in [0.3, 0.4) is 0 Å². The van der Waals surface area contributed by atoms with Crippen molar-refractivity contribution in [3.05, 3.63) is 72.1 Å². The van der Waals surface area contributed by atoms with Crippen molar-refractivity contribution in [3.63, 3.8) is 0 Å². The maximum absolute atomic E-state index is 12.7. The van der Waals surface area contributed by atoms with Crippen molar-refractivity contribution < 1.29 is 8.42 Å². The highest BCUT2D eigenvalue weighted by Gasteiger charge is 2.24. The first-order valence-corrected chi connectivity index (χ1v) is 9.53. The van der Waals surface area contributed by atoms with Gasteiger partial charge in [0.1, 0.15) is 0 Å². The van der Waals surface area contributed by atoms with Crippen molar-refractivity contribution in [2.24, 2.45) is 0 Å². The molecule has 0 spiro atoms.